The van der Waals surface area contributed by atoms with Crippen molar-refractivity contribution in [3.05, 3.63) is 35.2 Å². The van der Waals surface area contributed by atoms with Crippen molar-refractivity contribution in [2.24, 2.45) is 0 Å². The van der Waals surface area contributed by atoms with Crippen molar-refractivity contribution < 1.29 is 9.15 Å². The Balaban J connectivity index is 1.49. The topological polar surface area (TPSA) is 60.2 Å². The van der Waals surface area contributed by atoms with Crippen LogP contribution in [0.2, 0.25) is 0 Å². The van der Waals surface area contributed by atoms with Crippen molar-refractivity contribution >= 4 is 0 Å². The van der Waals surface area contributed by atoms with Gasteiger partial charge < -0.3 is 14.5 Å². The molecule has 1 N–H and O–H groups in total. The molecule has 3 aliphatic rings. The largest absolute Gasteiger partial charge is 0.420 e. The Kier molecular flexibility index (Phi) is 2.49. The smallest absolute Gasteiger partial charge is 0.410 e. The highest BCUT2D eigenvalue weighted by Crippen LogP contribution is 2.67. The zero-order valence-electron chi connectivity index (χ0n) is 12.6. The van der Waals surface area contributed by atoms with Crippen LogP contribution in [-0.2, 0) is 5.41 Å². The normalized spacial score (nSPS) is 29.7. The van der Waals surface area contributed by atoms with Gasteiger partial charge >= 0.3 is 6.08 Å². The van der Waals surface area contributed by atoms with E-state index in [1.54, 1.807) is 0 Å². The summed E-state index contributed by atoms with van der Waals surface area (Å²) in [5, 5.41) is 11.6. The van der Waals surface area contributed by atoms with Crippen LogP contribution < -0.4 is 10.1 Å². The van der Waals surface area contributed by atoms with E-state index in [1.807, 2.05) is 25.2 Å². The number of hydrogen-bond acceptors (Lipinski definition) is 5. The lowest BCUT2D eigenvalue weighted by atomic mass is 9.39. The van der Waals surface area contributed by atoms with E-state index in [1.165, 1.54) is 11.1 Å². The van der Waals surface area contributed by atoms with E-state index < -0.39 is 0 Å². The number of aryl methyl sites for hydroxylation is 2. The summed E-state index contributed by atoms with van der Waals surface area (Å²) in [6.07, 6.45) is 3.49. The molecule has 1 aromatic heterocycles. The second-order valence-electron chi connectivity index (χ2n) is 6.56. The molecule has 0 aliphatic heterocycles. The zero-order chi connectivity index (χ0) is 14.7. The molecular formula is C16H19N3O2. The summed E-state index contributed by atoms with van der Waals surface area (Å²) < 4.78 is 11.4. The minimum atomic E-state index is 0.0980. The number of nitrogens with one attached hydrogen (secondary N) is 1. The van der Waals surface area contributed by atoms with Crippen LogP contribution in [0.25, 0.3) is 0 Å². The molecule has 5 rings (SSSR count). The molecule has 0 unspecified atom stereocenters. The molecule has 5 nitrogen and oxygen atoms in total. The molecule has 2 aromatic rings. The number of nitrogens with zero attached hydrogens (tertiary/aromatic N) is 2. The fourth-order valence-electron chi connectivity index (χ4n) is 3.62. The van der Waals surface area contributed by atoms with E-state index in [-0.39, 0.29) is 11.5 Å². The van der Waals surface area contributed by atoms with Gasteiger partial charge in [-0.2, -0.15) is 0 Å². The molecule has 0 saturated heterocycles. The Morgan fingerprint density at radius 2 is 1.90 bits per heavy atom. The Labute approximate surface area is 123 Å². The highest BCUT2D eigenvalue weighted by molar-refractivity contribution is 5.36. The number of hydrogen-bond donors (Lipinski definition) is 1. The molecule has 5 heteroatoms. The van der Waals surface area contributed by atoms with Crippen LogP contribution in [0.15, 0.2) is 22.6 Å². The van der Waals surface area contributed by atoms with Crippen LogP contribution in [0.1, 0.15) is 36.3 Å². The minimum Gasteiger partial charge on any atom is -0.410 e. The van der Waals surface area contributed by atoms with Gasteiger partial charge in [0.05, 0.1) is 5.41 Å². The molecule has 3 saturated carbocycles. The number of rotatable bonds is 4. The average Bonchev–Trinajstić information content (AvgIpc) is 2.80. The summed E-state index contributed by atoms with van der Waals surface area (Å²) in [5.41, 5.74) is 2.84. The summed E-state index contributed by atoms with van der Waals surface area (Å²) >= 11 is 0. The third-order valence-corrected chi connectivity index (χ3v) is 5.10. The van der Waals surface area contributed by atoms with Gasteiger partial charge in [-0.3, -0.25) is 0 Å². The maximum atomic E-state index is 5.72. The Hall–Kier alpha value is -1.88. The maximum Gasteiger partial charge on any atom is 0.420 e. The molecule has 0 atom stereocenters. The van der Waals surface area contributed by atoms with E-state index >= 15 is 0 Å². The Morgan fingerprint density at radius 1 is 1.14 bits per heavy atom. The zero-order valence-corrected chi connectivity index (χ0v) is 12.6. The van der Waals surface area contributed by atoms with Crippen molar-refractivity contribution in [3.8, 4) is 11.8 Å². The van der Waals surface area contributed by atoms with Crippen molar-refractivity contribution in [2.75, 3.05) is 7.05 Å². The first kappa shape index (κ1) is 12.8. The highest BCUT2D eigenvalue weighted by Gasteiger charge is 2.70. The first-order valence-corrected chi connectivity index (χ1v) is 7.32. The third-order valence-electron chi connectivity index (χ3n) is 5.10. The Bertz CT molecular complexity index is 688. The predicted molar refractivity (Wildman–Crippen MR) is 77.6 cm³/mol. The first-order chi connectivity index (χ1) is 10.0. The lowest BCUT2D eigenvalue weighted by Crippen LogP contribution is -2.75. The molecule has 21 heavy (non-hydrogen) atoms. The predicted octanol–water partition coefficient (Wildman–Crippen LogP) is 2.87. The molecule has 0 spiro atoms. The fourth-order valence-corrected chi connectivity index (χ4v) is 3.62. The lowest BCUT2D eigenvalue weighted by molar-refractivity contribution is -0.0995. The number of benzene rings is 1. The molecule has 0 amide bonds. The number of aromatic nitrogens is 2. The molecular weight excluding hydrogens is 266 g/mol. The van der Waals surface area contributed by atoms with Crippen molar-refractivity contribution in [3.63, 3.8) is 0 Å². The van der Waals surface area contributed by atoms with Gasteiger partial charge in [0.1, 0.15) is 5.75 Å². The van der Waals surface area contributed by atoms with E-state index in [0.29, 0.717) is 5.54 Å². The summed E-state index contributed by atoms with van der Waals surface area (Å²) in [7, 11) is 2.02. The lowest BCUT2D eigenvalue weighted by Gasteiger charge is -2.68. The molecule has 1 aromatic carbocycles. The van der Waals surface area contributed by atoms with Crippen LogP contribution in [-0.4, -0.2) is 22.8 Å². The van der Waals surface area contributed by atoms with E-state index in [4.69, 9.17) is 9.15 Å². The highest BCUT2D eigenvalue weighted by atomic mass is 16.6. The van der Waals surface area contributed by atoms with Gasteiger partial charge in [0.25, 0.3) is 0 Å². The SMILES string of the molecule is CNC12CC(c3nnc(Oc4ccc(C)c(C)c4)o3)(C1)C2. The molecule has 0 radical (unpaired) electrons. The van der Waals surface area contributed by atoms with E-state index in [2.05, 4.69) is 29.4 Å². The van der Waals surface area contributed by atoms with Gasteiger partial charge in [-0.25, -0.2) is 0 Å². The first-order valence-electron chi connectivity index (χ1n) is 7.32. The van der Waals surface area contributed by atoms with Crippen LogP contribution >= 0.6 is 0 Å². The van der Waals surface area contributed by atoms with Crippen LogP contribution in [0.3, 0.4) is 0 Å². The monoisotopic (exact) mass is 285 g/mol. The van der Waals surface area contributed by atoms with Gasteiger partial charge in [-0.05, 0) is 63.4 Å². The molecule has 1 heterocycles. The molecule has 3 fully saturated rings. The summed E-state index contributed by atoms with van der Waals surface area (Å²) in [4.78, 5) is 0. The summed E-state index contributed by atoms with van der Waals surface area (Å²) in [6.45, 7) is 4.13. The number of ether oxygens (including phenoxy) is 1. The van der Waals surface area contributed by atoms with Gasteiger partial charge in [-0.15, -0.1) is 5.10 Å². The quantitative estimate of drug-likeness (QED) is 0.936. The Morgan fingerprint density at radius 3 is 2.57 bits per heavy atom. The van der Waals surface area contributed by atoms with Crippen LogP contribution in [0.4, 0.5) is 0 Å². The van der Waals surface area contributed by atoms with Crippen molar-refractivity contribution in [1.82, 2.24) is 15.5 Å². The maximum absolute atomic E-state index is 5.72. The molecule has 110 valence electrons. The molecule has 2 bridgehead atoms. The average molecular weight is 285 g/mol. The van der Waals surface area contributed by atoms with Crippen LogP contribution in [0, 0.1) is 13.8 Å². The minimum absolute atomic E-state index is 0.0980. The van der Waals surface area contributed by atoms with Gasteiger partial charge in [0.15, 0.2) is 0 Å². The van der Waals surface area contributed by atoms with Gasteiger partial charge in [0.2, 0.25) is 5.89 Å². The van der Waals surface area contributed by atoms with Crippen molar-refractivity contribution in [1.29, 1.82) is 0 Å². The fraction of sp³-hybridized carbons (Fsp3) is 0.500. The van der Waals surface area contributed by atoms with Gasteiger partial charge in [0, 0.05) is 5.54 Å². The van der Waals surface area contributed by atoms with E-state index in [9.17, 15) is 0 Å². The summed E-state index contributed by atoms with van der Waals surface area (Å²) in [5.74, 6) is 1.45. The van der Waals surface area contributed by atoms with Crippen LogP contribution in [0.5, 0.6) is 11.8 Å². The van der Waals surface area contributed by atoms with Crippen molar-refractivity contribution in [2.45, 2.75) is 44.1 Å². The standard InChI is InChI=1S/C16H19N3O2/c1-10-4-5-12(6-11(10)2)20-14-19-18-13(21-14)15-7-16(8-15,9-15)17-3/h4-6,17H,7-9H2,1-3H3. The molecule has 3 aliphatic carbocycles. The second-order valence-corrected chi connectivity index (χ2v) is 6.56. The summed E-state index contributed by atoms with van der Waals surface area (Å²) in [6, 6.07) is 5.93. The second kappa shape index (κ2) is 4.07. The third kappa shape index (κ3) is 1.80. The van der Waals surface area contributed by atoms with E-state index in [0.717, 1.165) is 30.9 Å². The van der Waals surface area contributed by atoms with Gasteiger partial charge in [-0.1, -0.05) is 11.2 Å².